The summed E-state index contributed by atoms with van der Waals surface area (Å²) in [5, 5.41) is 5.32. The molecule has 0 saturated carbocycles. The van der Waals surface area contributed by atoms with Crippen molar-refractivity contribution < 1.29 is 23.9 Å². The van der Waals surface area contributed by atoms with Crippen LogP contribution in [-0.2, 0) is 19.1 Å². The summed E-state index contributed by atoms with van der Waals surface area (Å²) < 4.78 is 5.14. The third-order valence-corrected chi connectivity index (χ3v) is 5.38. The minimum absolute atomic E-state index is 0.171. The predicted molar refractivity (Wildman–Crippen MR) is 117 cm³/mol. The number of alkyl carbamates (subject to hydrolysis) is 1. The topological polar surface area (TPSA) is 157 Å². The zero-order chi connectivity index (χ0) is 23.4. The zero-order valence-electron chi connectivity index (χ0n) is 19.0. The molecule has 1 aliphatic rings. The second-order valence-electron chi connectivity index (χ2n) is 8.29. The number of primary amides is 1. The first kappa shape index (κ1) is 26.7. The van der Waals surface area contributed by atoms with Gasteiger partial charge in [-0.05, 0) is 51.0 Å². The highest BCUT2D eigenvalue weighted by Crippen LogP contribution is 2.20. The van der Waals surface area contributed by atoms with Gasteiger partial charge in [0.25, 0.3) is 0 Å². The normalized spacial score (nSPS) is 17.8. The number of amides is 4. The smallest absolute Gasteiger partial charge is 0.407 e. The SMILES string of the molecule is CCCCOC(=O)N[C@@H](CCCCN)C(=O)N1CCC[C@H]1C(=O)N[C@H](C(N)=O)C(C)C. The number of nitrogens with one attached hydrogen (secondary N) is 2. The Labute approximate surface area is 184 Å². The highest BCUT2D eigenvalue weighted by molar-refractivity contribution is 5.94. The summed E-state index contributed by atoms with van der Waals surface area (Å²) in [7, 11) is 0. The number of unbranched alkanes of at least 4 members (excludes halogenated alkanes) is 2. The van der Waals surface area contributed by atoms with Gasteiger partial charge in [-0.25, -0.2) is 4.79 Å². The van der Waals surface area contributed by atoms with E-state index in [1.807, 2.05) is 6.92 Å². The van der Waals surface area contributed by atoms with Gasteiger partial charge in [0, 0.05) is 6.54 Å². The molecule has 178 valence electrons. The summed E-state index contributed by atoms with van der Waals surface area (Å²) in [4.78, 5) is 51.3. The van der Waals surface area contributed by atoms with Crippen molar-refractivity contribution in [3.63, 3.8) is 0 Å². The molecule has 10 heteroatoms. The quantitative estimate of drug-likeness (QED) is 0.307. The highest BCUT2D eigenvalue weighted by Gasteiger charge is 2.38. The third kappa shape index (κ3) is 8.72. The number of ether oxygens (including phenoxy) is 1. The molecule has 3 atom stereocenters. The van der Waals surface area contributed by atoms with Crippen molar-refractivity contribution in [2.45, 2.75) is 83.8 Å². The molecule has 0 aliphatic carbocycles. The van der Waals surface area contributed by atoms with Crippen LogP contribution in [-0.4, -0.2) is 66.5 Å². The molecule has 1 aliphatic heterocycles. The first-order valence-electron chi connectivity index (χ1n) is 11.3. The van der Waals surface area contributed by atoms with Crippen LogP contribution in [0.3, 0.4) is 0 Å². The van der Waals surface area contributed by atoms with Crippen LogP contribution in [0.25, 0.3) is 0 Å². The summed E-state index contributed by atoms with van der Waals surface area (Å²) >= 11 is 0. The minimum atomic E-state index is -0.808. The predicted octanol–water partition coefficient (Wildman–Crippen LogP) is 0.627. The van der Waals surface area contributed by atoms with Crippen molar-refractivity contribution >= 4 is 23.8 Å². The van der Waals surface area contributed by atoms with Gasteiger partial charge in [-0.2, -0.15) is 0 Å². The lowest BCUT2D eigenvalue weighted by atomic mass is 10.0. The molecule has 1 saturated heterocycles. The van der Waals surface area contributed by atoms with E-state index in [9.17, 15) is 19.2 Å². The molecule has 4 amide bonds. The maximum absolute atomic E-state index is 13.2. The Balaban J connectivity index is 2.85. The van der Waals surface area contributed by atoms with Gasteiger partial charge in [0.15, 0.2) is 0 Å². The van der Waals surface area contributed by atoms with Gasteiger partial charge in [0.1, 0.15) is 18.1 Å². The number of carbonyl (C=O) groups is 4. The Morgan fingerprint density at radius 2 is 1.84 bits per heavy atom. The Morgan fingerprint density at radius 3 is 2.42 bits per heavy atom. The fourth-order valence-corrected chi connectivity index (χ4v) is 3.56. The average Bonchev–Trinajstić information content (AvgIpc) is 3.20. The van der Waals surface area contributed by atoms with E-state index in [1.54, 1.807) is 13.8 Å². The summed E-state index contributed by atoms with van der Waals surface area (Å²) in [5.74, 6) is -1.53. The van der Waals surface area contributed by atoms with E-state index in [2.05, 4.69) is 10.6 Å². The van der Waals surface area contributed by atoms with E-state index in [-0.39, 0.29) is 18.4 Å². The summed E-state index contributed by atoms with van der Waals surface area (Å²) in [5.41, 5.74) is 10.9. The number of rotatable bonds is 13. The second-order valence-corrected chi connectivity index (χ2v) is 8.29. The van der Waals surface area contributed by atoms with Crippen molar-refractivity contribution in [1.82, 2.24) is 15.5 Å². The molecule has 0 aromatic rings. The molecular formula is C21H39N5O5. The maximum atomic E-state index is 13.2. The average molecular weight is 442 g/mol. The summed E-state index contributed by atoms with van der Waals surface area (Å²) in [6, 6.07) is -2.31. The molecule has 0 aromatic heterocycles. The number of hydrogen-bond donors (Lipinski definition) is 4. The van der Waals surface area contributed by atoms with Crippen LogP contribution in [0.1, 0.15) is 65.7 Å². The van der Waals surface area contributed by atoms with Crippen molar-refractivity contribution in [3.05, 3.63) is 0 Å². The standard InChI is InChI=1S/C21H39N5O5/c1-4-5-13-31-21(30)24-15(9-6-7-11-22)20(29)26-12-8-10-16(26)19(28)25-17(14(2)3)18(23)27/h14-17H,4-13,22H2,1-3H3,(H2,23,27)(H,24,30)(H,25,28)/t15-,16-,17-/m0/s1. The first-order chi connectivity index (χ1) is 14.7. The minimum Gasteiger partial charge on any atom is -0.450 e. The molecule has 0 aromatic carbocycles. The van der Waals surface area contributed by atoms with Gasteiger partial charge in [0.05, 0.1) is 6.61 Å². The van der Waals surface area contributed by atoms with Gasteiger partial charge in [-0.3, -0.25) is 14.4 Å². The van der Waals surface area contributed by atoms with Crippen molar-refractivity contribution in [3.8, 4) is 0 Å². The molecule has 6 N–H and O–H groups in total. The fourth-order valence-electron chi connectivity index (χ4n) is 3.56. The molecular weight excluding hydrogens is 402 g/mol. The number of likely N-dealkylation sites (tertiary alicyclic amines) is 1. The maximum Gasteiger partial charge on any atom is 0.407 e. The number of hydrogen-bond acceptors (Lipinski definition) is 6. The third-order valence-electron chi connectivity index (χ3n) is 5.38. The molecule has 1 heterocycles. The lowest BCUT2D eigenvalue weighted by Gasteiger charge is -2.30. The van der Waals surface area contributed by atoms with Gasteiger partial charge in [0.2, 0.25) is 17.7 Å². The van der Waals surface area contributed by atoms with Crippen molar-refractivity contribution in [2.75, 3.05) is 19.7 Å². The van der Waals surface area contributed by atoms with E-state index in [1.165, 1.54) is 4.90 Å². The molecule has 0 bridgehead atoms. The van der Waals surface area contributed by atoms with Crippen LogP contribution in [0, 0.1) is 5.92 Å². The van der Waals surface area contributed by atoms with Crippen LogP contribution in [0.2, 0.25) is 0 Å². The van der Waals surface area contributed by atoms with Gasteiger partial charge < -0.3 is 31.7 Å². The summed E-state index contributed by atoms with van der Waals surface area (Å²) in [6.07, 6.45) is 3.90. The van der Waals surface area contributed by atoms with Crippen molar-refractivity contribution in [2.24, 2.45) is 17.4 Å². The molecule has 1 fully saturated rings. The van der Waals surface area contributed by atoms with Crippen molar-refractivity contribution in [1.29, 1.82) is 0 Å². The first-order valence-corrected chi connectivity index (χ1v) is 11.3. The number of carbonyl (C=O) groups excluding carboxylic acids is 4. The highest BCUT2D eigenvalue weighted by atomic mass is 16.5. The Bertz CT molecular complexity index is 613. The van der Waals surface area contributed by atoms with Crippen LogP contribution in [0.4, 0.5) is 4.79 Å². The van der Waals surface area contributed by atoms with Crippen LogP contribution in [0.5, 0.6) is 0 Å². The van der Waals surface area contributed by atoms with Crippen LogP contribution >= 0.6 is 0 Å². The molecule has 0 radical (unpaired) electrons. The van der Waals surface area contributed by atoms with Gasteiger partial charge >= 0.3 is 6.09 Å². The Kier molecular flexibility index (Phi) is 11.9. The van der Waals surface area contributed by atoms with Crippen LogP contribution in [0.15, 0.2) is 0 Å². The number of nitrogens with two attached hydrogens (primary N) is 2. The molecule has 0 unspecified atom stereocenters. The lowest BCUT2D eigenvalue weighted by molar-refractivity contribution is -0.141. The van der Waals surface area contributed by atoms with Gasteiger partial charge in [-0.1, -0.05) is 27.2 Å². The molecule has 10 nitrogen and oxygen atoms in total. The Hall–Kier alpha value is -2.36. The monoisotopic (exact) mass is 441 g/mol. The van der Waals surface area contributed by atoms with E-state index in [0.29, 0.717) is 38.8 Å². The largest absolute Gasteiger partial charge is 0.450 e. The molecule has 0 spiro atoms. The summed E-state index contributed by atoms with van der Waals surface area (Å²) in [6.45, 7) is 6.73. The number of nitrogens with zero attached hydrogens (tertiary/aromatic N) is 1. The van der Waals surface area contributed by atoms with E-state index < -0.39 is 36.0 Å². The molecule has 31 heavy (non-hydrogen) atoms. The van der Waals surface area contributed by atoms with E-state index >= 15 is 0 Å². The Morgan fingerprint density at radius 1 is 1.13 bits per heavy atom. The molecule has 1 rings (SSSR count). The van der Waals surface area contributed by atoms with Crippen LogP contribution < -0.4 is 22.1 Å². The van der Waals surface area contributed by atoms with E-state index in [0.717, 1.165) is 19.3 Å². The van der Waals surface area contributed by atoms with E-state index in [4.69, 9.17) is 16.2 Å². The zero-order valence-corrected chi connectivity index (χ0v) is 19.0. The second kappa shape index (κ2) is 13.8. The lowest BCUT2D eigenvalue weighted by Crippen LogP contribution is -2.56. The fraction of sp³-hybridized carbons (Fsp3) is 0.810. The van der Waals surface area contributed by atoms with Gasteiger partial charge in [-0.15, -0.1) is 0 Å².